The van der Waals surface area contributed by atoms with Crippen LogP contribution in [0.4, 0.5) is 5.69 Å². The molecule has 5 nitrogen and oxygen atoms in total. The topological polar surface area (TPSA) is 70.6 Å². The zero-order chi connectivity index (χ0) is 22.6. The summed E-state index contributed by atoms with van der Waals surface area (Å²) < 4.78 is 29.8. The summed E-state index contributed by atoms with van der Waals surface area (Å²) in [6.07, 6.45) is 0. The predicted octanol–water partition coefficient (Wildman–Crippen LogP) is 5.62. The normalized spacial score (nSPS) is 11.8. The quantitative estimate of drug-likeness (QED) is 0.226. The maximum atomic E-state index is 12.9. The van der Waals surface area contributed by atoms with E-state index in [-0.39, 0.29) is 15.8 Å². The average Bonchev–Trinajstić information content (AvgIpc) is 2.80. The lowest BCUT2D eigenvalue weighted by Gasteiger charge is -2.14. The first kappa shape index (κ1) is 22.0. The molecule has 0 atom stereocenters. The molecule has 2 N–H and O–H groups in total. The molecule has 0 radical (unpaired) electrons. The van der Waals surface area contributed by atoms with E-state index in [0.717, 1.165) is 16.5 Å². The first-order chi connectivity index (χ1) is 15.4. The summed E-state index contributed by atoms with van der Waals surface area (Å²) in [5.74, 6) is 0.110. The van der Waals surface area contributed by atoms with Crippen molar-refractivity contribution in [1.29, 1.82) is 0 Å². The number of anilines is 1. The maximum absolute atomic E-state index is 12.9. The highest BCUT2D eigenvalue weighted by Gasteiger charge is 2.17. The van der Waals surface area contributed by atoms with E-state index in [1.807, 2.05) is 48.5 Å². The molecule has 32 heavy (non-hydrogen) atoms. The van der Waals surface area contributed by atoms with E-state index in [0.29, 0.717) is 10.6 Å². The van der Waals surface area contributed by atoms with Gasteiger partial charge in [-0.1, -0.05) is 78.3 Å². The second-order valence-corrected chi connectivity index (χ2v) is 9.29. The van der Waals surface area contributed by atoms with Gasteiger partial charge in [-0.2, -0.15) is 8.42 Å². The van der Waals surface area contributed by atoms with Gasteiger partial charge >= 0.3 is 0 Å². The van der Waals surface area contributed by atoms with Crippen LogP contribution in [-0.4, -0.2) is 19.4 Å². The number of halogens is 1. The van der Waals surface area contributed by atoms with E-state index in [1.165, 1.54) is 24.3 Å². The van der Waals surface area contributed by atoms with Gasteiger partial charge < -0.3 is 10.6 Å². The molecule has 0 spiro atoms. The molecular weight excluding hydrogens is 462 g/mol. The Morgan fingerprint density at radius 3 is 2.22 bits per heavy atom. The molecule has 0 heterocycles. The van der Waals surface area contributed by atoms with Crippen molar-refractivity contribution in [2.45, 2.75) is 4.90 Å². The minimum absolute atomic E-state index is 0.0325. The largest absolute Gasteiger partial charge is 0.332 e. The molecule has 0 aliphatic carbocycles. The van der Waals surface area contributed by atoms with Crippen LogP contribution in [0.25, 0.3) is 10.8 Å². The fourth-order valence-electron chi connectivity index (χ4n) is 3.12. The Balaban J connectivity index is 1.66. The fraction of sp³-hybridized carbons (Fsp3) is 0. The Kier molecular flexibility index (Phi) is 6.50. The third-order valence-electron chi connectivity index (χ3n) is 4.64. The third-order valence-corrected chi connectivity index (χ3v) is 6.39. The lowest BCUT2D eigenvalue weighted by atomic mass is 10.1. The first-order valence-corrected chi connectivity index (χ1v) is 11.9. The molecule has 8 heteroatoms. The van der Waals surface area contributed by atoms with Gasteiger partial charge in [0.25, 0.3) is 10.0 Å². The predicted molar refractivity (Wildman–Crippen MR) is 135 cm³/mol. The lowest BCUT2D eigenvalue weighted by Crippen LogP contribution is -2.35. The smallest absolute Gasteiger partial charge is 0.284 e. The van der Waals surface area contributed by atoms with Gasteiger partial charge in [0.05, 0.1) is 4.90 Å². The van der Waals surface area contributed by atoms with Gasteiger partial charge in [0.15, 0.2) is 10.9 Å². The van der Waals surface area contributed by atoms with Crippen molar-refractivity contribution in [2.75, 3.05) is 5.32 Å². The molecule has 4 aromatic carbocycles. The molecule has 0 aliphatic heterocycles. The van der Waals surface area contributed by atoms with Gasteiger partial charge in [0.2, 0.25) is 0 Å². The Morgan fingerprint density at radius 2 is 1.47 bits per heavy atom. The summed E-state index contributed by atoms with van der Waals surface area (Å²) in [5.41, 5.74) is 1.38. The second kappa shape index (κ2) is 9.48. The van der Waals surface area contributed by atoms with Gasteiger partial charge in [0, 0.05) is 21.7 Å². The van der Waals surface area contributed by atoms with Crippen LogP contribution in [0.15, 0.2) is 106 Å². The van der Waals surface area contributed by atoms with E-state index in [2.05, 4.69) is 15.0 Å². The number of sulfonamides is 1. The van der Waals surface area contributed by atoms with E-state index in [1.54, 1.807) is 24.3 Å². The molecule has 0 fully saturated rings. The van der Waals surface area contributed by atoms with Gasteiger partial charge in [-0.3, -0.25) is 0 Å². The molecule has 4 aromatic rings. The van der Waals surface area contributed by atoms with E-state index < -0.39 is 10.0 Å². The zero-order valence-corrected chi connectivity index (χ0v) is 19.1. The number of nitrogens with one attached hydrogen (secondary N) is 2. The third kappa shape index (κ3) is 5.13. The Hall–Kier alpha value is -3.26. The van der Waals surface area contributed by atoms with Crippen LogP contribution in [0, 0.1) is 0 Å². The molecule has 160 valence electrons. The van der Waals surface area contributed by atoms with Crippen molar-refractivity contribution in [2.24, 2.45) is 4.40 Å². The van der Waals surface area contributed by atoms with Crippen molar-refractivity contribution in [3.8, 4) is 0 Å². The van der Waals surface area contributed by atoms with Crippen LogP contribution in [0.5, 0.6) is 0 Å². The highest BCUT2D eigenvalue weighted by Crippen LogP contribution is 2.23. The monoisotopic (exact) mass is 479 g/mol. The fourth-order valence-corrected chi connectivity index (χ4v) is 4.43. The minimum Gasteiger partial charge on any atom is -0.332 e. The molecular formula is C24H18ClN3O2S2. The standard InChI is InChI=1S/C24H18ClN3O2S2/c25-19-13-15-20(16-14-19)32(29,30)28-23(18-8-2-1-3-9-18)27-24(31)26-22-12-6-10-17-7-4-5-11-21(17)22/h1-16H,(H2,26,27,28,31). The summed E-state index contributed by atoms with van der Waals surface area (Å²) in [5, 5.41) is 8.80. The zero-order valence-electron chi connectivity index (χ0n) is 16.7. The first-order valence-electron chi connectivity index (χ1n) is 9.64. The summed E-state index contributed by atoms with van der Waals surface area (Å²) in [6.45, 7) is 0. The summed E-state index contributed by atoms with van der Waals surface area (Å²) in [7, 11) is -4.00. The van der Waals surface area contributed by atoms with E-state index >= 15 is 0 Å². The number of nitrogens with zero attached hydrogens (tertiary/aromatic N) is 1. The number of hydrogen-bond donors (Lipinski definition) is 2. The lowest BCUT2D eigenvalue weighted by molar-refractivity contribution is 0.598. The average molecular weight is 480 g/mol. The van der Waals surface area contributed by atoms with Crippen molar-refractivity contribution >= 4 is 61.2 Å². The van der Waals surface area contributed by atoms with E-state index in [4.69, 9.17) is 23.8 Å². The van der Waals surface area contributed by atoms with Crippen LogP contribution in [-0.2, 0) is 10.0 Å². The van der Waals surface area contributed by atoms with Crippen LogP contribution in [0.1, 0.15) is 5.56 Å². The molecule has 4 rings (SSSR count). The summed E-state index contributed by atoms with van der Waals surface area (Å²) in [4.78, 5) is 0.0325. The Labute approximate surface area is 196 Å². The Bertz CT molecular complexity index is 1400. The number of fused-ring (bicyclic) bond motifs is 1. The summed E-state index contributed by atoms with van der Waals surface area (Å²) >= 11 is 11.4. The maximum Gasteiger partial charge on any atom is 0.284 e. The molecule has 0 saturated heterocycles. The van der Waals surface area contributed by atoms with Crippen molar-refractivity contribution in [3.05, 3.63) is 108 Å². The molecule has 0 unspecified atom stereocenters. The molecule has 0 saturated carbocycles. The number of benzene rings is 4. The van der Waals surface area contributed by atoms with Crippen molar-refractivity contribution in [1.82, 2.24) is 5.32 Å². The molecule has 0 bridgehead atoms. The SMILES string of the molecule is O=S(=O)(N=C(NC(=S)Nc1cccc2ccccc12)c1ccccc1)c1ccc(Cl)cc1. The number of hydrogen-bond acceptors (Lipinski definition) is 3. The van der Waals surface area contributed by atoms with Gasteiger partial charge in [-0.05, 0) is 47.9 Å². The van der Waals surface area contributed by atoms with E-state index in [9.17, 15) is 8.42 Å². The van der Waals surface area contributed by atoms with Crippen molar-refractivity contribution < 1.29 is 8.42 Å². The van der Waals surface area contributed by atoms with Crippen LogP contribution < -0.4 is 10.6 Å². The molecule has 0 aliphatic rings. The minimum atomic E-state index is -4.00. The highest BCUT2D eigenvalue weighted by molar-refractivity contribution is 7.90. The second-order valence-electron chi connectivity index (χ2n) is 6.84. The van der Waals surface area contributed by atoms with Crippen LogP contribution in [0.3, 0.4) is 0 Å². The molecule has 0 aromatic heterocycles. The molecule has 0 amide bonds. The number of amidine groups is 1. The number of rotatable bonds is 4. The van der Waals surface area contributed by atoms with Crippen LogP contribution in [0.2, 0.25) is 5.02 Å². The van der Waals surface area contributed by atoms with Gasteiger partial charge in [-0.15, -0.1) is 4.40 Å². The Morgan fingerprint density at radius 1 is 0.812 bits per heavy atom. The highest BCUT2D eigenvalue weighted by atomic mass is 35.5. The van der Waals surface area contributed by atoms with Crippen molar-refractivity contribution in [3.63, 3.8) is 0 Å². The number of thiocarbonyl (C=S) groups is 1. The summed E-state index contributed by atoms with van der Waals surface area (Å²) in [6, 6.07) is 28.5. The van der Waals surface area contributed by atoms with Gasteiger partial charge in [0.1, 0.15) is 0 Å². The van der Waals surface area contributed by atoms with Gasteiger partial charge in [-0.25, -0.2) is 0 Å². The van der Waals surface area contributed by atoms with Crippen LogP contribution >= 0.6 is 23.8 Å².